The van der Waals surface area contributed by atoms with Crippen molar-refractivity contribution in [2.75, 3.05) is 5.32 Å². The SMILES string of the molecule is C[C@H](O)C(=O)Nc1cccc(Cl)c1. The molecule has 1 rings (SSSR count). The molecule has 0 spiro atoms. The van der Waals surface area contributed by atoms with E-state index < -0.39 is 12.0 Å². The average molecular weight is 200 g/mol. The molecule has 1 atom stereocenters. The highest BCUT2D eigenvalue weighted by molar-refractivity contribution is 6.30. The highest BCUT2D eigenvalue weighted by atomic mass is 35.5. The van der Waals surface area contributed by atoms with Crippen molar-refractivity contribution >= 4 is 23.2 Å². The number of benzene rings is 1. The van der Waals surface area contributed by atoms with E-state index in [0.717, 1.165) is 0 Å². The fourth-order valence-electron chi connectivity index (χ4n) is 0.813. The van der Waals surface area contributed by atoms with E-state index in [1.165, 1.54) is 6.92 Å². The Labute approximate surface area is 81.3 Å². The van der Waals surface area contributed by atoms with Crippen molar-refractivity contribution in [3.63, 3.8) is 0 Å². The summed E-state index contributed by atoms with van der Waals surface area (Å²) in [5, 5.41) is 12.0. The summed E-state index contributed by atoms with van der Waals surface area (Å²) in [5.41, 5.74) is 0.582. The van der Waals surface area contributed by atoms with E-state index in [-0.39, 0.29) is 0 Å². The van der Waals surface area contributed by atoms with Crippen LogP contribution in [0.15, 0.2) is 24.3 Å². The Hall–Kier alpha value is -1.06. The van der Waals surface area contributed by atoms with Gasteiger partial charge in [0.15, 0.2) is 0 Å². The summed E-state index contributed by atoms with van der Waals surface area (Å²) in [4.78, 5) is 11.0. The second-order valence-electron chi connectivity index (χ2n) is 2.68. The predicted molar refractivity (Wildman–Crippen MR) is 51.8 cm³/mol. The highest BCUT2D eigenvalue weighted by Gasteiger charge is 2.08. The molecule has 4 heteroatoms. The minimum Gasteiger partial charge on any atom is -0.384 e. The number of aliphatic hydroxyl groups is 1. The van der Waals surface area contributed by atoms with Gasteiger partial charge in [-0.15, -0.1) is 0 Å². The molecule has 0 heterocycles. The zero-order valence-electron chi connectivity index (χ0n) is 7.12. The van der Waals surface area contributed by atoms with Crippen LogP contribution in [0.4, 0.5) is 5.69 Å². The third-order valence-corrected chi connectivity index (χ3v) is 1.71. The van der Waals surface area contributed by atoms with Crippen molar-refractivity contribution in [2.45, 2.75) is 13.0 Å². The Kier molecular flexibility index (Phi) is 3.28. The summed E-state index contributed by atoms with van der Waals surface area (Å²) in [5.74, 6) is -0.442. The summed E-state index contributed by atoms with van der Waals surface area (Å²) in [7, 11) is 0. The van der Waals surface area contributed by atoms with Crippen molar-refractivity contribution in [1.29, 1.82) is 0 Å². The van der Waals surface area contributed by atoms with Crippen LogP contribution >= 0.6 is 11.6 Å². The van der Waals surface area contributed by atoms with Crippen LogP contribution in [0.1, 0.15) is 6.92 Å². The second-order valence-corrected chi connectivity index (χ2v) is 3.11. The number of halogens is 1. The van der Waals surface area contributed by atoms with Crippen LogP contribution in [0.2, 0.25) is 5.02 Å². The molecular formula is C9H10ClNO2. The molecule has 1 aromatic rings. The third-order valence-electron chi connectivity index (χ3n) is 1.47. The number of nitrogens with one attached hydrogen (secondary N) is 1. The highest BCUT2D eigenvalue weighted by Crippen LogP contribution is 2.14. The van der Waals surface area contributed by atoms with Gasteiger partial charge in [-0.25, -0.2) is 0 Å². The van der Waals surface area contributed by atoms with E-state index in [1.54, 1.807) is 24.3 Å². The first kappa shape index (κ1) is 10.0. The van der Waals surface area contributed by atoms with Crippen molar-refractivity contribution in [1.82, 2.24) is 0 Å². The molecule has 0 saturated carbocycles. The second kappa shape index (κ2) is 4.25. The van der Waals surface area contributed by atoms with E-state index in [0.29, 0.717) is 10.7 Å². The van der Waals surface area contributed by atoms with Gasteiger partial charge in [-0.1, -0.05) is 17.7 Å². The molecule has 1 amide bonds. The van der Waals surface area contributed by atoms with Crippen molar-refractivity contribution in [2.24, 2.45) is 0 Å². The zero-order chi connectivity index (χ0) is 9.84. The molecule has 13 heavy (non-hydrogen) atoms. The number of hydrogen-bond donors (Lipinski definition) is 2. The average Bonchev–Trinajstić information content (AvgIpc) is 2.04. The van der Waals surface area contributed by atoms with Gasteiger partial charge < -0.3 is 10.4 Å². The van der Waals surface area contributed by atoms with Crippen LogP contribution in [0.3, 0.4) is 0 Å². The van der Waals surface area contributed by atoms with Gasteiger partial charge in [-0.05, 0) is 25.1 Å². The van der Waals surface area contributed by atoms with Crippen molar-refractivity contribution < 1.29 is 9.90 Å². The summed E-state index contributed by atoms with van der Waals surface area (Å²) in [6.45, 7) is 1.40. The molecule has 3 nitrogen and oxygen atoms in total. The van der Waals surface area contributed by atoms with Crippen LogP contribution in [-0.2, 0) is 4.79 Å². The molecule has 0 radical (unpaired) electrons. The van der Waals surface area contributed by atoms with Crippen LogP contribution in [0.25, 0.3) is 0 Å². The van der Waals surface area contributed by atoms with Crippen molar-refractivity contribution in [3.05, 3.63) is 29.3 Å². The Morgan fingerprint density at radius 3 is 2.85 bits per heavy atom. The molecule has 0 aliphatic heterocycles. The summed E-state index contributed by atoms with van der Waals surface area (Å²) in [6, 6.07) is 6.74. The van der Waals surface area contributed by atoms with Gasteiger partial charge in [-0.2, -0.15) is 0 Å². The molecule has 2 N–H and O–H groups in total. The smallest absolute Gasteiger partial charge is 0.252 e. The molecule has 0 unspecified atom stereocenters. The first-order chi connectivity index (χ1) is 6.09. The van der Waals surface area contributed by atoms with E-state index in [9.17, 15) is 4.79 Å². The van der Waals surface area contributed by atoms with Gasteiger partial charge in [0.1, 0.15) is 6.10 Å². The quantitative estimate of drug-likeness (QED) is 0.761. The Balaban J connectivity index is 2.69. The lowest BCUT2D eigenvalue weighted by Gasteiger charge is -2.06. The number of carbonyl (C=O) groups is 1. The molecule has 1 aromatic carbocycles. The topological polar surface area (TPSA) is 49.3 Å². The van der Waals surface area contributed by atoms with Crippen LogP contribution in [0.5, 0.6) is 0 Å². The van der Waals surface area contributed by atoms with Crippen LogP contribution in [-0.4, -0.2) is 17.1 Å². The lowest BCUT2D eigenvalue weighted by Crippen LogP contribution is -2.24. The van der Waals surface area contributed by atoms with E-state index >= 15 is 0 Å². The van der Waals surface area contributed by atoms with Crippen LogP contribution in [0, 0.1) is 0 Å². The summed E-state index contributed by atoms with van der Waals surface area (Å²) >= 11 is 5.69. The van der Waals surface area contributed by atoms with E-state index in [1.807, 2.05) is 0 Å². The summed E-state index contributed by atoms with van der Waals surface area (Å²) in [6.07, 6.45) is -1.01. The number of aliphatic hydroxyl groups excluding tert-OH is 1. The standard InChI is InChI=1S/C9H10ClNO2/c1-6(12)9(13)11-8-4-2-3-7(10)5-8/h2-6,12H,1H3,(H,11,13)/t6-/m0/s1. The molecule has 0 aliphatic rings. The number of amides is 1. The lowest BCUT2D eigenvalue weighted by molar-refractivity contribution is -0.123. The minimum atomic E-state index is -1.01. The van der Waals surface area contributed by atoms with Gasteiger partial charge in [0.05, 0.1) is 0 Å². The predicted octanol–water partition coefficient (Wildman–Crippen LogP) is 1.66. The number of carbonyl (C=O) groups excluding carboxylic acids is 1. The fraction of sp³-hybridized carbons (Fsp3) is 0.222. The Bertz CT molecular complexity index is 312. The van der Waals surface area contributed by atoms with Gasteiger partial charge in [0.25, 0.3) is 5.91 Å². The van der Waals surface area contributed by atoms with E-state index in [4.69, 9.17) is 16.7 Å². The maximum absolute atomic E-state index is 11.0. The minimum absolute atomic E-state index is 0.442. The van der Waals surface area contributed by atoms with Crippen LogP contribution < -0.4 is 5.32 Å². The van der Waals surface area contributed by atoms with Gasteiger partial charge in [-0.3, -0.25) is 4.79 Å². The van der Waals surface area contributed by atoms with Gasteiger partial charge in [0.2, 0.25) is 0 Å². The first-order valence-corrected chi connectivity index (χ1v) is 4.22. The Morgan fingerprint density at radius 1 is 1.62 bits per heavy atom. The van der Waals surface area contributed by atoms with Gasteiger partial charge >= 0.3 is 0 Å². The zero-order valence-corrected chi connectivity index (χ0v) is 7.88. The Morgan fingerprint density at radius 2 is 2.31 bits per heavy atom. The monoisotopic (exact) mass is 199 g/mol. The lowest BCUT2D eigenvalue weighted by atomic mass is 10.3. The van der Waals surface area contributed by atoms with Crippen molar-refractivity contribution in [3.8, 4) is 0 Å². The summed E-state index contributed by atoms with van der Waals surface area (Å²) < 4.78 is 0. The van der Waals surface area contributed by atoms with E-state index in [2.05, 4.69) is 5.32 Å². The largest absolute Gasteiger partial charge is 0.384 e. The fourth-order valence-corrected chi connectivity index (χ4v) is 1.00. The number of rotatable bonds is 2. The molecule has 0 aliphatic carbocycles. The maximum Gasteiger partial charge on any atom is 0.252 e. The number of anilines is 1. The number of hydrogen-bond acceptors (Lipinski definition) is 2. The normalized spacial score (nSPS) is 12.2. The molecular weight excluding hydrogens is 190 g/mol. The third kappa shape index (κ3) is 3.05. The molecule has 70 valence electrons. The molecule has 0 bridgehead atoms. The maximum atomic E-state index is 11.0. The molecule has 0 saturated heterocycles. The molecule has 0 fully saturated rings. The first-order valence-electron chi connectivity index (χ1n) is 3.84. The molecule has 0 aromatic heterocycles. The van der Waals surface area contributed by atoms with Gasteiger partial charge in [0, 0.05) is 10.7 Å².